The maximum atomic E-state index is 13.2. The van der Waals surface area contributed by atoms with E-state index in [0.717, 1.165) is 16.5 Å². The summed E-state index contributed by atoms with van der Waals surface area (Å²) in [6.45, 7) is 1.50. The first-order valence-electron chi connectivity index (χ1n) is 11.9. The lowest BCUT2D eigenvalue weighted by molar-refractivity contribution is -0.146. The zero-order chi connectivity index (χ0) is 25.7. The van der Waals surface area contributed by atoms with E-state index in [4.69, 9.17) is 16.3 Å². The monoisotopic (exact) mass is 510 g/mol. The Labute approximate surface area is 214 Å². The third-order valence-electron chi connectivity index (χ3n) is 6.77. The molecule has 36 heavy (non-hydrogen) atoms. The summed E-state index contributed by atoms with van der Waals surface area (Å²) in [4.78, 5) is 18.4. The van der Waals surface area contributed by atoms with Crippen molar-refractivity contribution in [3.63, 3.8) is 0 Å². The molecule has 1 saturated heterocycles. The Kier molecular flexibility index (Phi) is 8.42. The molecule has 6 nitrogen and oxygen atoms in total. The molecule has 1 aromatic heterocycles. The van der Waals surface area contributed by atoms with Crippen molar-refractivity contribution in [3.8, 4) is 17.6 Å². The van der Waals surface area contributed by atoms with Crippen LogP contribution in [0.15, 0.2) is 48.7 Å². The van der Waals surface area contributed by atoms with Crippen molar-refractivity contribution in [2.45, 2.75) is 25.4 Å². The second-order valence-corrected chi connectivity index (χ2v) is 9.44. The minimum Gasteiger partial charge on any atom is -0.497 e. The van der Waals surface area contributed by atoms with Crippen LogP contribution in [0.25, 0.3) is 10.9 Å². The summed E-state index contributed by atoms with van der Waals surface area (Å²) in [7, 11) is 1.59. The van der Waals surface area contributed by atoms with Gasteiger partial charge in [-0.25, -0.2) is 4.39 Å². The number of methoxy groups -OCH3 is 1. The van der Waals surface area contributed by atoms with Crippen molar-refractivity contribution in [2.75, 3.05) is 26.7 Å². The molecule has 2 N–H and O–H groups in total. The second-order valence-electron chi connectivity index (χ2n) is 9.03. The number of benzene rings is 2. The summed E-state index contributed by atoms with van der Waals surface area (Å²) in [5.41, 5.74) is 2.07. The molecule has 0 bridgehead atoms. The summed E-state index contributed by atoms with van der Waals surface area (Å²) in [5, 5.41) is 21.9. The minimum absolute atomic E-state index is 0.0458. The van der Waals surface area contributed by atoms with Gasteiger partial charge in [-0.2, -0.15) is 0 Å². The predicted octanol–water partition coefficient (Wildman–Crippen LogP) is 4.92. The molecular weight excluding hydrogens is 483 g/mol. The van der Waals surface area contributed by atoms with Gasteiger partial charge in [0.05, 0.1) is 36.2 Å². The fourth-order valence-electron chi connectivity index (χ4n) is 4.77. The van der Waals surface area contributed by atoms with Crippen LogP contribution >= 0.6 is 11.6 Å². The number of carbonyl (C=O) groups is 1. The average molecular weight is 511 g/mol. The van der Waals surface area contributed by atoms with E-state index >= 15 is 0 Å². The first-order valence-corrected chi connectivity index (χ1v) is 12.2. The van der Waals surface area contributed by atoms with E-state index in [2.05, 4.69) is 16.8 Å². The zero-order valence-electron chi connectivity index (χ0n) is 20.0. The molecule has 3 atom stereocenters. The smallest absolute Gasteiger partial charge is 0.308 e. The Morgan fingerprint density at radius 2 is 2.14 bits per heavy atom. The Balaban J connectivity index is 1.38. The third kappa shape index (κ3) is 6.14. The fraction of sp³-hybridized carbons (Fsp3) is 0.357. The number of rotatable bonds is 7. The Hall–Kier alpha value is -3.18. The number of likely N-dealkylation sites (tertiary alicyclic amines) is 1. The van der Waals surface area contributed by atoms with Gasteiger partial charge in [0, 0.05) is 23.7 Å². The lowest BCUT2D eigenvalue weighted by Crippen LogP contribution is -2.44. The van der Waals surface area contributed by atoms with Crippen molar-refractivity contribution in [1.82, 2.24) is 9.88 Å². The van der Waals surface area contributed by atoms with Crippen LogP contribution in [0.1, 0.15) is 36.5 Å². The normalized spacial score (nSPS) is 18.9. The van der Waals surface area contributed by atoms with Gasteiger partial charge in [-0.1, -0.05) is 23.4 Å². The third-order valence-corrected chi connectivity index (χ3v) is 7.08. The number of ether oxygens (including phenoxy) is 1. The van der Waals surface area contributed by atoms with Gasteiger partial charge >= 0.3 is 5.97 Å². The van der Waals surface area contributed by atoms with E-state index in [1.54, 1.807) is 19.4 Å². The number of aliphatic hydroxyl groups excluding tert-OH is 1. The number of nitrogens with zero attached hydrogens (tertiary/aromatic N) is 2. The van der Waals surface area contributed by atoms with Gasteiger partial charge in [-0.3, -0.25) is 14.7 Å². The molecule has 2 heterocycles. The number of carboxylic acid groups (broad SMARTS) is 1. The van der Waals surface area contributed by atoms with Crippen molar-refractivity contribution < 1.29 is 24.1 Å². The van der Waals surface area contributed by atoms with Gasteiger partial charge in [0.2, 0.25) is 0 Å². The number of aliphatic carboxylic acids is 1. The maximum Gasteiger partial charge on any atom is 0.308 e. The second kappa shape index (κ2) is 11.7. The lowest BCUT2D eigenvalue weighted by Gasteiger charge is -2.36. The first-order chi connectivity index (χ1) is 17.4. The van der Waals surface area contributed by atoms with E-state index in [1.807, 2.05) is 23.1 Å². The highest BCUT2D eigenvalue weighted by molar-refractivity contribution is 6.31. The molecule has 3 aromatic rings. The number of carboxylic acids is 1. The summed E-state index contributed by atoms with van der Waals surface area (Å²) in [6, 6.07) is 11.4. The van der Waals surface area contributed by atoms with Gasteiger partial charge in [0.1, 0.15) is 11.6 Å². The zero-order valence-corrected chi connectivity index (χ0v) is 20.7. The molecule has 1 aliphatic rings. The largest absolute Gasteiger partial charge is 0.497 e. The Morgan fingerprint density at radius 3 is 2.89 bits per heavy atom. The van der Waals surface area contributed by atoms with Crippen LogP contribution in [0.5, 0.6) is 5.75 Å². The number of aliphatic hydroxyl groups is 1. The van der Waals surface area contributed by atoms with E-state index < -0.39 is 23.8 Å². The molecular formula is C28H28ClFN2O4. The molecule has 188 valence electrons. The van der Waals surface area contributed by atoms with Gasteiger partial charge in [0.25, 0.3) is 0 Å². The highest BCUT2D eigenvalue weighted by Crippen LogP contribution is 2.33. The van der Waals surface area contributed by atoms with Crippen LogP contribution in [-0.2, 0) is 4.79 Å². The van der Waals surface area contributed by atoms with Gasteiger partial charge in [-0.15, -0.1) is 0 Å². The highest BCUT2D eigenvalue weighted by atomic mass is 35.5. The van der Waals surface area contributed by atoms with Crippen LogP contribution in [0.2, 0.25) is 5.02 Å². The first kappa shape index (κ1) is 25.9. The van der Waals surface area contributed by atoms with Crippen LogP contribution < -0.4 is 4.74 Å². The Bertz CT molecular complexity index is 1310. The molecule has 2 aromatic carbocycles. The van der Waals surface area contributed by atoms with Crippen molar-refractivity contribution in [2.24, 2.45) is 11.8 Å². The topological polar surface area (TPSA) is 82.9 Å². The van der Waals surface area contributed by atoms with Crippen molar-refractivity contribution in [1.29, 1.82) is 0 Å². The highest BCUT2D eigenvalue weighted by Gasteiger charge is 2.34. The Morgan fingerprint density at radius 1 is 1.31 bits per heavy atom. The molecule has 0 radical (unpaired) electrons. The van der Waals surface area contributed by atoms with E-state index in [-0.39, 0.29) is 10.9 Å². The van der Waals surface area contributed by atoms with Crippen molar-refractivity contribution >= 4 is 28.5 Å². The summed E-state index contributed by atoms with van der Waals surface area (Å²) in [6.07, 6.45) is 2.69. The van der Waals surface area contributed by atoms with E-state index in [0.29, 0.717) is 50.2 Å². The number of piperidine rings is 1. The number of pyridine rings is 1. The van der Waals surface area contributed by atoms with Gasteiger partial charge < -0.3 is 14.9 Å². The molecule has 0 saturated carbocycles. The average Bonchev–Trinajstić information content (AvgIpc) is 2.88. The standard InChI is InChI=1S/C28H28ClFN2O4/c1-36-21-7-8-26-23(16-21)22(10-12-31-26)27(33)9-5-18-11-14-32(17-24(18)28(34)35)13-2-3-19-4-6-20(30)15-25(19)29/h4,6-8,10,12,15-16,18,24,27,33H,5,9,11,13-14,17H2,1H3,(H,34,35)/t18-,24+,27-/m1/s1. The quantitative estimate of drug-likeness (QED) is 0.439. The molecule has 0 amide bonds. The van der Waals surface area contributed by atoms with Crippen LogP contribution in [-0.4, -0.2) is 52.8 Å². The summed E-state index contributed by atoms with van der Waals surface area (Å²) in [5.74, 6) is 4.80. The predicted molar refractivity (Wildman–Crippen MR) is 136 cm³/mol. The van der Waals surface area contributed by atoms with E-state index in [9.17, 15) is 19.4 Å². The number of halogens is 2. The molecule has 8 heteroatoms. The molecule has 0 spiro atoms. The fourth-order valence-corrected chi connectivity index (χ4v) is 4.98. The molecule has 1 fully saturated rings. The molecule has 0 aliphatic carbocycles. The number of hydrogen-bond donors (Lipinski definition) is 2. The van der Waals surface area contributed by atoms with Gasteiger partial charge in [-0.05, 0) is 79.8 Å². The molecule has 0 unspecified atom stereocenters. The summed E-state index contributed by atoms with van der Waals surface area (Å²) < 4.78 is 18.5. The van der Waals surface area contributed by atoms with Crippen molar-refractivity contribution in [3.05, 3.63) is 70.6 Å². The molecule has 1 aliphatic heterocycles. The van der Waals surface area contributed by atoms with Gasteiger partial charge in [0.15, 0.2) is 0 Å². The lowest BCUT2D eigenvalue weighted by atomic mass is 9.81. The van der Waals surface area contributed by atoms with Crippen LogP contribution in [0.3, 0.4) is 0 Å². The number of hydrogen-bond acceptors (Lipinski definition) is 5. The van der Waals surface area contributed by atoms with E-state index in [1.165, 1.54) is 18.2 Å². The van der Waals surface area contributed by atoms with Crippen LogP contribution in [0.4, 0.5) is 4.39 Å². The minimum atomic E-state index is -0.840. The summed E-state index contributed by atoms with van der Waals surface area (Å²) >= 11 is 6.02. The molecule has 4 rings (SSSR count). The maximum absolute atomic E-state index is 13.2. The SMILES string of the molecule is COc1ccc2nccc([C@H](O)CC[C@@H]3CCN(CC#Cc4ccc(F)cc4Cl)C[C@@H]3C(=O)O)c2c1. The number of fused-ring (bicyclic) bond motifs is 1. The number of aromatic nitrogens is 1. The van der Waals surface area contributed by atoms with Crippen LogP contribution in [0, 0.1) is 29.5 Å².